The largest absolute Gasteiger partial charge is 0.383 e. The Morgan fingerprint density at radius 2 is 2.14 bits per heavy atom. The molecule has 2 aromatic rings. The third kappa shape index (κ3) is 3.81. The Kier molecular flexibility index (Phi) is 5.01. The molecule has 0 saturated carbocycles. The average Bonchev–Trinajstić information content (AvgIpc) is 3.33. The molecule has 29 heavy (non-hydrogen) atoms. The van der Waals surface area contributed by atoms with Crippen molar-refractivity contribution in [3.8, 4) is 0 Å². The lowest BCUT2D eigenvalue weighted by atomic mass is 10.0. The molecule has 2 unspecified atom stereocenters. The van der Waals surface area contributed by atoms with Crippen LogP contribution in [0.1, 0.15) is 67.1 Å². The van der Waals surface area contributed by atoms with Crippen molar-refractivity contribution in [2.75, 3.05) is 5.32 Å². The number of nitrogens with two attached hydrogens (primary N) is 1. The third-order valence-corrected chi connectivity index (χ3v) is 8.59. The number of carbonyl (C=O) groups is 1. The predicted octanol–water partition coefficient (Wildman–Crippen LogP) is 3.24. The molecule has 2 heterocycles. The van der Waals surface area contributed by atoms with E-state index in [1.807, 2.05) is 0 Å². The molecule has 156 valence electrons. The minimum absolute atomic E-state index is 0.156. The van der Waals surface area contributed by atoms with E-state index in [9.17, 15) is 14.1 Å². The van der Waals surface area contributed by atoms with Gasteiger partial charge in [-0.2, -0.15) is 0 Å². The average molecular weight is 436 g/mol. The lowest BCUT2D eigenvalue weighted by molar-refractivity contribution is 0.0783. The number of anilines is 1. The van der Waals surface area contributed by atoms with E-state index in [0.717, 1.165) is 71.6 Å². The number of aliphatic hydroxyl groups is 1. The second-order valence-electron chi connectivity index (χ2n) is 8.20. The first-order valence-electron chi connectivity index (χ1n) is 9.65. The number of aryl methyl sites for hydroxylation is 1. The smallest absolute Gasteiger partial charge is 0.354 e. The topological polar surface area (TPSA) is 131 Å². The number of nitrogens with zero attached hydrogens (tertiary/aromatic N) is 3. The fraction of sp³-hybridized carbons (Fsp3) is 0.526. The molecule has 0 spiro atoms. The number of hydrogen-bond donors (Lipinski definition) is 3. The highest BCUT2D eigenvalue weighted by Gasteiger charge is 2.30. The van der Waals surface area contributed by atoms with Crippen LogP contribution in [0.15, 0.2) is 14.8 Å². The van der Waals surface area contributed by atoms with Crippen LogP contribution in [-0.4, -0.2) is 25.3 Å². The number of aromatic nitrogens is 2. The van der Waals surface area contributed by atoms with E-state index in [-0.39, 0.29) is 4.21 Å². The zero-order valence-electron chi connectivity index (χ0n) is 16.7. The lowest BCUT2D eigenvalue weighted by Gasteiger charge is -2.15. The number of carbonyl (C=O) groups excluding carboxylic acids is 1. The maximum absolute atomic E-state index is 12.9. The number of amides is 2. The van der Waals surface area contributed by atoms with Crippen LogP contribution in [0.4, 0.5) is 10.5 Å². The van der Waals surface area contributed by atoms with E-state index >= 15 is 0 Å². The monoisotopic (exact) mass is 435 g/mol. The van der Waals surface area contributed by atoms with Crippen LogP contribution < -0.4 is 10.5 Å². The number of thiazole rings is 1. The molecule has 4 N–H and O–H groups in total. The summed E-state index contributed by atoms with van der Waals surface area (Å²) in [6, 6.07) is -0.738. The van der Waals surface area contributed by atoms with Crippen LogP contribution in [0.5, 0.6) is 0 Å². The summed E-state index contributed by atoms with van der Waals surface area (Å²) in [6.45, 7) is 5.29. The van der Waals surface area contributed by atoms with E-state index in [1.165, 1.54) is 6.20 Å². The Morgan fingerprint density at radius 3 is 2.83 bits per heavy atom. The molecule has 10 heteroatoms. The summed E-state index contributed by atoms with van der Waals surface area (Å²) in [5.41, 5.74) is 3.80. The molecular formula is C19H25N5O3S2. The molecule has 0 saturated heterocycles. The van der Waals surface area contributed by atoms with Crippen LogP contribution in [0, 0.1) is 0 Å². The number of hydrogen-bond acceptors (Lipinski definition) is 6. The van der Waals surface area contributed by atoms with Gasteiger partial charge in [0.25, 0.3) is 0 Å². The number of rotatable bonds is 3. The number of urea groups is 1. The van der Waals surface area contributed by atoms with Crippen LogP contribution in [-0.2, 0) is 34.8 Å². The Bertz CT molecular complexity index is 1110. The zero-order valence-corrected chi connectivity index (χ0v) is 18.3. The maximum Gasteiger partial charge on any atom is 0.354 e. The molecule has 2 amide bonds. The first-order valence-corrected chi connectivity index (χ1v) is 12.0. The van der Waals surface area contributed by atoms with Gasteiger partial charge in [-0.1, -0.05) is 6.92 Å². The van der Waals surface area contributed by atoms with Gasteiger partial charge in [0.1, 0.15) is 14.8 Å². The first kappa shape index (κ1) is 20.4. The van der Waals surface area contributed by atoms with Gasteiger partial charge in [0.15, 0.2) is 9.92 Å². The molecule has 0 aromatic carbocycles. The first-order chi connectivity index (χ1) is 13.6. The van der Waals surface area contributed by atoms with Gasteiger partial charge in [-0.25, -0.2) is 19.1 Å². The molecule has 8 nitrogen and oxygen atoms in total. The van der Waals surface area contributed by atoms with Crippen LogP contribution in [0.2, 0.25) is 0 Å². The minimum Gasteiger partial charge on any atom is -0.383 e. The molecule has 4 rings (SSSR count). The van der Waals surface area contributed by atoms with Gasteiger partial charge in [-0.05, 0) is 63.0 Å². The number of fused-ring (bicyclic) bond motifs is 2. The number of pyridine rings is 1. The zero-order chi connectivity index (χ0) is 21.0. The number of nitrogens with one attached hydrogen (secondary N) is 1. The predicted molar refractivity (Wildman–Crippen MR) is 112 cm³/mol. The molecule has 0 radical (unpaired) electrons. The van der Waals surface area contributed by atoms with E-state index in [1.54, 1.807) is 13.8 Å². The van der Waals surface area contributed by atoms with Crippen molar-refractivity contribution in [1.82, 2.24) is 9.97 Å². The second kappa shape index (κ2) is 7.12. The Hall–Kier alpha value is -1.88. The highest BCUT2D eigenvalue weighted by Crippen LogP contribution is 2.41. The van der Waals surface area contributed by atoms with Crippen molar-refractivity contribution < 1.29 is 14.1 Å². The van der Waals surface area contributed by atoms with Gasteiger partial charge in [-0.3, -0.25) is 4.98 Å². The van der Waals surface area contributed by atoms with Crippen molar-refractivity contribution in [2.45, 2.75) is 68.6 Å². The standard InChI is InChI=1S/C19H25N5O3S2/c1-10-7-8-12-15(10)22-13-6-4-5-11(13)16(12)23-18(25)24-29(20,27)14-9-21-17(28-14)19(2,3)26/h9-10,26H,4-8H2,1-3H3,(H3,20,22,23,24,25,27). The SMILES string of the molecule is CC1CCc2c1nc1c(c2NC(=O)N=S(N)(=O)c2cnc(C(C)(C)O)s2)CCC1. The summed E-state index contributed by atoms with van der Waals surface area (Å²) in [5, 5.41) is 19.1. The normalized spacial score (nSPS) is 20.1. The van der Waals surface area contributed by atoms with Gasteiger partial charge in [-0.15, -0.1) is 15.7 Å². The van der Waals surface area contributed by atoms with Crippen LogP contribution in [0.3, 0.4) is 0 Å². The molecule has 0 fully saturated rings. The summed E-state index contributed by atoms with van der Waals surface area (Å²) in [4.78, 5) is 21.6. The second-order valence-corrected chi connectivity index (χ2v) is 11.3. The molecular weight excluding hydrogens is 410 g/mol. The summed E-state index contributed by atoms with van der Waals surface area (Å²) in [6.07, 6.45) is 5.94. The molecule has 2 atom stereocenters. The van der Waals surface area contributed by atoms with Gasteiger partial charge in [0.2, 0.25) is 0 Å². The minimum atomic E-state index is -3.47. The van der Waals surface area contributed by atoms with Crippen molar-refractivity contribution in [2.24, 2.45) is 9.50 Å². The third-order valence-electron chi connectivity index (χ3n) is 5.40. The molecule has 2 aromatic heterocycles. The Morgan fingerprint density at radius 1 is 1.38 bits per heavy atom. The Labute approximate surface area is 174 Å². The van der Waals surface area contributed by atoms with E-state index in [4.69, 9.17) is 10.1 Å². The van der Waals surface area contributed by atoms with Gasteiger partial charge in [0, 0.05) is 11.4 Å². The quantitative estimate of drug-likeness (QED) is 0.681. The summed E-state index contributed by atoms with van der Waals surface area (Å²) >= 11 is 0.990. The molecule has 2 aliphatic rings. The van der Waals surface area contributed by atoms with Crippen molar-refractivity contribution in [3.63, 3.8) is 0 Å². The van der Waals surface area contributed by atoms with Crippen molar-refractivity contribution >= 4 is 33.0 Å². The summed E-state index contributed by atoms with van der Waals surface area (Å²) < 4.78 is 16.8. The van der Waals surface area contributed by atoms with Crippen LogP contribution in [0.25, 0.3) is 0 Å². The van der Waals surface area contributed by atoms with Crippen molar-refractivity contribution in [1.29, 1.82) is 0 Å². The van der Waals surface area contributed by atoms with Gasteiger partial charge >= 0.3 is 6.03 Å². The van der Waals surface area contributed by atoms with E-state index in [0.29, 0.717) is 10.9 Å². The molecule has 0 bridgehead atoms. The van der Waals surface area contributed by atoms with Crippen LogP contribution >= 0.6 is 11.3 Å². The van der Waals surface area contributed by atoms with E-state index < -0.39 is 21.5 Å². The highest BCUT2D eigenvalue weighted by molar-refractivity contribution is 7.93. The fourth-order valence-corrected chi connectivity index (χ4v) is 5.99. The Balaban J connectivity index is 1.66. The summed E-state index contributed by atoms with van der Waals surface area (Å²) in [7, 11) is -3.47. The molecule has 0 aliphatic heterocycles. The summed E-state index contributed by atoms with van der Waals surface area (Å²) in [5.74, 6) is 0.361. The molecule has 2 aliphatic carbocycles. The van der Waals surface area contributed by atoms with E-state index in [2.05, 4.69) is 21.6 Å². The fourth-order valence-electron chi connectivity index (χ4n) is 3.93. The van der Waals surface area contributed by atoms with Crippen molar-refractivity contribution in [3.05, 3.63) is 33.7 Å². The maximum atomic E-state index is 12.9. The highest BCUT2D eigenvalue weighted by atomic mass is 32.2. The lowest BCUT2D eigenvalue weighted by Crippen LogP contribution is -2.18. The van der Waals surface area contributed by atoms with Gasteiger partial charge in [0.05, 0.1) is 11.9 Å². The van der Waals surface area contributed by atoms with Gasteiger partial charge < -0.3 is 10.4 Å².